The fraction of sp³-hybridized carbons (Fsp3) is 0. The molecule has 0 saturated carbocycles. The Labute approximate surface area is 140 Å². The number of nitrogens with one attached hydrogen (secondary N) is 1. The molecule has 0 aliphatic heterocycles. The lowest BCUT2D eigenvalue weighted by Crippen LogP contribution is -1.88. The summed E-state index contributed by atoms with van der Waals surface area (Å²) in [7, 11) is 0. The maximum Gasteiger partial charge on any atom is 0.128 e. The molecule has 4 aromatic rings. The molecule has 0 radical (unpaired) electrons. The van der Waals surface area contributed by atoms with E-state index in [1.54, 1.807) is 0 Å². The van der Waals surface area contributed by atoms with Gasteiger partial charge in [0, 0.05) is 11.8 Å². The van der Waals surface area contributed by atoms with Crippen LogP contribution in [0.15, 0.2) is 91.3 Å². The van der Waals surface area contributed by atoms with Gasteiger partial charge in [-0.15, -0.1) is 0 Å². The number of rotatable bonds is 4. The second-order valence-electron chi connectivity index (χ2n) is 5.48. The first-order valence-electron chi connectivity index (χ1n) is 7.82. The van der Waals surface area contributed by atoms with Crippen LogP contribution in [0.1, 0.15) is 0 Å². The molecule has 3 nitrogen and oxygen atoms in total. The highest BCUT2D eigenvalue weighted by molar-refractivity contribution is 5.84. The number of benzene rings is 3. The Bertz CT molecular complexity index is 917. The molecule has 3 heteroatoms. The number of hydrogen-bond donors (Lipinski definition) is 1. The first kappa shape index (κ1) is 14.3. The van der Waals surface area contributed by atoms with Gasteiger partial charge in [-0.1, -0.05) is 48.5 Å². The third-order valence-corrected chi connectivity index (χ3v) is 3.86. The summed E-state index contributed by atoms with van der Waals surface area (Å²) in [5, 5.41) is 6.95. The SMILES string of the molecule is c1ccc(Oc2ccc(-c3cn[nH]c3)c(-c3ccccc3)c2)cc1. The van der Waals surface area contributed by atoms with E-state index in [1.807, 2.05) is 67.0 Å². The molecular formula is C21H16N2O. The van der Waals surface area contributed by atoms with Gasteiger partial charge in [0.25, 0.3) is 0 Å². The molecule has 0 saturated heterocycles. The van der Waals surface area contributed by atoms with Crippen molar-refractivity contribution in [2.75, 3.05) is 0 Å². The molecule has 1 heterocycles. The molecule has 0 atom stereocenters. The predicted octanol–water partition coefficient (Wildman–Crippen LogP) is 5.54. The van der Waals surface area contributed by atoms with Crippen molar-refractivity contribution in [3.05, 3.63) is 91.3 Å². The highest BCUT2D eigenvalue weighted by Gasteiger charge is 2.10. The summed E-state index contributed by atoms with van der Waals surface area (Å²) in [5.41, 5.74) is 4.44. The highest BCUT2D eigenvalue weighted by atomic mass is 16.5. The molecule has 0 aliphatic carbocycles. The van der Waals surface area contributed by atoms with Gasteiger partial charge in [0.15, 0.2) is 0 Å². The Balaban J connectivity index is 1.79. The number of aromatic amines is 1. The molecule has 24 heavy (non-hydrogen) atoms. The number of aromatic nitrogens is 2. The summed E-state index contributed by atoms with van der Waals surface area (Å²) in [6, 6.07) is 26.3. The Morgan fingerprint density at radius 3 is 2.12 bits per heavy atom. The van der Waals surface area contributed by atoms with Crippen molar-refractivity contribution in [3.8, 4) is 33.8 Å². The van der Waals surface area contributed by atoms with E-state index in [0.717, 1.165) is 33.8 Å². The van der Waals surface area contributed by atoms with Gasteiger partial charge in [-0.3, -0.25) is 5.10 Å². The average Bonchev–Trinajstić information content (AvgIpc) is 3.18. The number of hydrogen-bond acceptors (Lipinski definition) is 2. The van der Waals surface area contributed by atoms with E-state index in [0.29, 0.717) is 0 Å². The van der Waals surface area contributed by atoms with E-state index in [1.165, 1.54) is 0 Å². The molecule has 0 unspecified atom stereocenters. The van der Waals surface area contributed by atoms with Crippen LogP contribution in [-0.2, 0) is 0 Å². The highest BCUT2D eigenvalue weighted by Crippen LogP contribution is 2.35. The van der Waals surface area contributed by atoms with Gasteiger partial charge in [-0.2, -0.15) is 5.10 Å². The maximum absolute atomic E-state index is 5.99. The molecule has 0 spiro atoms. The molecule has 1 aromatic heterocycles. The van der Waals surface area contributed by atoms with Crippen LogP contribution < -0.4 is 4.74 Å². The summed E-state index contributed by atoms with van der Waals surface area (Å²) in [5.74, 6) is 1.64. The van der Waals surface area contributed by atoms with E-state index in [2.05, 4.69) is 34.5 Å². The van der Waals surface area contributed by atoms with Gasteiger partial charge in [-0.25, -0.2) is 0 Å². The van der Waals surface area contributed by atoms with Gasteiger partial charge in [0.1, 0.15) is 11.5 Å². The number of nitrogens with zero attached hydrogens (tertiary/aromatic N) is 1. The minimum absolute atomic E-state index is 0.812. The number of H-pyrrole nitrogens is 1. The zero-order valence-corrected chi connectivity index (χ0v) is 13.0. The zero-order chi connectivity index (χ0) is 16.2. The first-order chi connectivity index (χ1) is 11.9. The van der Waals surface area contributed by atoms with E-state index in [4.69, 9.17) is 4.74 Å². The molecule has 0 bridgehead atoms. The Morgan fingerprint density at radius 2 is 1.42 bits per heavy atom. The summed E-state index contributed by atoms with van der Waals surface area (Å²) >= 11 is 0. The van der Waals surface area contributed by atoms with Gasteiger partial charge < -0.3 is 4.74 Å². The normalized spacial score (nSPS) is 10.5. The molecule has 0 fully saturated rings. The van der Waals surface area contributed by atoms with Crippen LogP contribution in [0.3, 0.4) is 0 Å². The first-order valence-corrected chi connectivity index (χ1v) is 7.82. The van der Waals surface area contributed by atoms with E-state index in [9.17, 15) is 0 Å². The Morgan fingerprint density at radius 1 is 0.667 bits per heavy atom. The topological polar surface area (TPSA) is 37.9 Å². The predicted molar refractivity (Wildman–Crippen MR) is 96.0 cm³/mol. The second kappa shape index (κ2) is 6.42. The molecule has 0 aliphatic rings. The van der Waals surface area contributed by atoms with E-state index < -0.39 is 0 Å². The van der Waals surface area contributed by atoms with Crippen LogP contribution in [-0.4, -0.2) is 10.2 Å². The molecule has 4 rings (SSSR count). The number of para-hydroxylation sites is 1. The maximum atomic E-state index is 5.99. The third-order valence-electron chi connectivity index (χ3n) is 3.86. The third kappa shape index (κ3) is 2.92. The largest absolute Gasteiger partial charge is 0.457 e. The minimum Gasteiger partial charge on any atom is -0.457 e. The van der Waals surface area contributed by atoms with Crippen LogP contribution in [0.2, 0.25) is 0 Å². The van der Waals surface area contributed by atoms with Crippen LogP contribution in [0.25, 0.3) is 22.3 Å². The fourth-order valence-electron chi connectivity index (χ4n) is 2.72. The van der Waals surface area contributed by atoms with Crippen LogP contribution >= 0.6 is 0 Å². The average molecular weight is 312 g/mol. The quantitative estimate of drug-likeness (QED) is 0.537. The Hall–Kier alpha value is -3.33. The summed E-state index contributed by atoms with van der Waals surface area (Å²) < 4.78 is 5.99. The molecular weight excluding hydrogens is 296 g/mol. The summed E-state index contributed by atoms with van der Waals surface area (Å²) in [6.07, 6.45) is 3.74. The lowest BCUT2D eigenvalue weighted by atomic mass is 9.96. The van der Waals surface area contributed by atoms with Crippen molar-refractivity contribution in [1.29, 1.82) is 0 Å². The monoisotopic (exact) mass is 312 g/mol. The van der Waals surface area contributed by atoms with Gasteiger partial charge in [0.05, 0.1) is 6.20 Å². The molecule has 3 aromatic carbocycles. The smallest absolute Gasteiger partial charge is 0.128 e. The molecule has 0 amide bonds. The van der Waals surface area contributed by atoms with Crippen LogP contribution in [0.5, 0.6) is 11.5 Å². The molecule has 1 N–H and O–H groups in total. The molecule has 116 valence electrons. The van der Waals surface area contributed by atoms with Crippen LogP contribution in [0.4, 0.5) is 0 Å². The number of ether oxygens (including phenoxy) is 1. The van der Waals surface area contributed by atoms with Crippen molar-refractivity contribution < 1.29 is 4.74 Å². The van der Waals surface area contributed by atoms with E-state index in [-0.39, 0.29) is 0 Å². The summed E-state index contributed by atoms with van der Waals surface area (Å²) in [4.78, 5) is 0. The summed E-state index contributed by atoms with van der Waals surface area (Å²) in [6.45, 7) is 0. The fourth-order valence-corrected chi connectivity index (χ4v) is 2.72. The van der Waals surface area contributed by atoms with Crippen molar-refractivity contribution in [2.45, 2.75) is 0 Å². The van der Waals surface area contributed by atoms with Gasteiger partial charge in [0.2, 0.25) is 0 Å². The van der Waals surface area contributed by atoms with Gasteiger partial charge in [-0.05, 0) is 47.0 Å². The zero-order valence-electron chi connectivity index (χ0n) is 13.0. The van der Waals surface area contributed by atoms with E-state index >= 15 is 0 Å². The van der Waals surface area contributed by atoms with Crippen molar-refractivity contribution in [2.24, 2.45) is 0 Å². The lowest BCUT2D eigenvalue weighted by Gasteiger charge is -2.12. The van der Waals surface area contributed by atoms with Crippen molar-refractivity contribution in [1.82, 2.24) is 10.2 Å². The van der Waals surface area contributed by atoms with Crippen LogP contribution in [0, 0.1) is 0 Å². The second-order valence-corrected chi connectivity index (χ2v) is 5.48. The standard InChI is InChI=1S/C21H16N2O/c1-3-7-16(8-4-1)21-13-19(24-18-9-5-2-6-10-18)11-12-20(21)17-14-22-23-15-17/h1-15H,(H,22,23). The Kier molecular flexibility index (Phi) is 3.82. The van der Waals surface area contributed by atoms with Crippen molar-refractivity contribution in [3.63, 3.8) is 0 Å². The lowest BCUT2D eigenvalue weighted by molar-refractivity contribution is 0.483. The van der Waals surface area contributed by atoms with Gasteiger partial charge >= 0.3 is 0 Å². The minimum atomic E-state index is 0.812. The van der Waals surface area contributed by atoms with Crippen molar-refractivity contribution >= 4 is 0 Å².